The monoisotopic (exact) mass is 256 g/mol. The molecule has 1 aromatic carbocycles. The van der Waals surface area contributed by atoms with Crippen molar-refractivity contribution in [1.82, 2.24) is 10.6 Å². The first kappa shape index (κ1) is 14.6. The fourth-order valence-electron chi connectivity index (χ4n) is 1.56. The van der Waals surface area contributed by atoms with Crippen LogP contribution in [-0.2, 0) is 11.2 Å². The summed E-state index contributed by atoms with van der Waals surface area (Å²) in [6, 6.07) is 3.27. The van der Waals surface area contributed by atoms with Gasteiger partial charge in [-0.3, -0.25) is 4.79 Å². The Morgan fingerprint density at radius 3 is 2.78 bits per heavy atom. The van der Waals surface area contributed by atoms with Gasteiger partial charge < -0.3 is 10.6 Å². The van der Waals surface area contributed by atoms with E-state index in [2.05, 4.69) is 10.6 Å². The van der Waals surface area contributed by atoms with E-state index < -0.39 is 11.6 Å². The summed E-state index contributed by atoms with van der Waals surface area (Å²) in [7, 11) is 1.84. The maximum atomic E-state index is 13.3. The number of nitrogens with one attached hydrogen (secondary N) is 2. The van der Waals surface area contributed by atoms with E-state index in [0.29, 0.717) is 6.54 Å². The predicted octanol–water partition coefficient (Wildman–Crippen LogP) is 1.62. The van der Waals surface area contributed by atoms with E-state index in [-0.39, 0.29) is 24.3 Å². The van der Waals surface area contributed by atoms with Gasteiger partial charge in [0, 0.05) is 13.0 Å². The lowest BCUT2D eigenvalue weighted by Crippen LogP contribution is -2.26. The number of rotatable bonds is 7. The van der Waals surface area contributed by atoms with Gasteiger partial charge >= 0.3 is 0 Å². The zero-order valence-corrected chi connectivity index (χ0v) is 10.4. The number of aryl methyl sites for hydroxylation is 1. The topological polar surface area (TPSA) is 41.1 Å². The Morgan fingerprint density at radius 1 is 1.28 bits per heavy atom. The summed E-state index contributed by atoms with van der Waals surface area (Å²) in [6.07, 6.45) is 1.22. The molecule has 0 aliphatic carbocycles. The standard InChI is InChI=1S/C13H18F2N2O/c1-16-7-2-8-17-13(18)6-3-10-9-11(14)4-5-12(10)15/h4-5,9,16H,2-3,6-8H2,1H3,(H,17,18). The Bertz CT molecular complexity index is 397. The highest BCUT2D eigenvalue weighted by Crippen LogP contribution is 2.11. The zero-order valence-electron chi connectivity index (χ0n) is 10.4. The first-order chi connectivity index (χ1) is 8.63. The van der Waals surface area contributed by atoms with Gasteiger partial charge in [0.2, 0.25) is 5.91 Å². The molecule has 0 saturated heterocycles. The Balaban J connectivity index is 2.31. The second-order valence-corrected chi connectivity index (χ2v) is 4.04. The third-order valence-electron chi connectivity index (χ3n) is 2.55. The normalized spacial score (nSPS) is 10.4. The second-order valence-electron chi connectivity index (χ2n) is 4.04. The SMILES string of the molecule is CNCCCNC(=O)CCc1cc(F)ccc1F. The number of amides is 1. The van der Waals surface area contributed by atoms with Crippen LogP contribution in [0.15, 0.2) is 18.2 Å². The third kappa shape index (κ3) is 5.23. The molecule has 0 atom stereocenters. The summed E-state index contributed by atoms with van der Waals surface area (Å²) in [5.41, 5.74) is 0.236. The Labute approximate surface area is 106 Å². The Kier molecular flexibility index (Phi) is 6.28. The lowest BCUT2D eigenvalue weighted by atomic mass is 10.1. The van der Waals surface area contributed by atoms with E-state index in [1.54, 1.807) is 0 Å². The molecule has 0 saturated carbocycles. The first-order valence-electron chi connectivity index (χ1n) is 5.98. The summed E-state index contributed by atoms with van der Waals surface area (Å²) in [6.45, 7) is 1.42. The minimum Gasteiger partial charge on any atom is -0.356 e. The van der Waals surface area contributed by atoms with Crippen molar-refractivity contribution in [3.63, 3.8) is 0 Å². The maximum absolute atomic E-state index is 13.3. The van der Waals surface area contributed by atoms with Gasteiger partial charge in [0.15, 0.2) is 0 Å². The molecule has 0 bridgehead atoms. The van der Waals surface area contributed by atoms with Crippen molar-refractivity contribution in [2.45, 2.75) is 19.3 Å². The van der Waals surface area contributed by atoms with Gasteiger partial charge in [0.05, 0.1) is 0 Å². The number of hydrogen-bond acceptors (Lipinski definition) is 2. The van der Waals surface area contributed by atoms with Gasteiger partial charge in [-0.1, -0.05) is 0 Å². The van der Waals surface area contributed by atoms with Crippen LogP contribution in [0.1, 0.15) is 18.4 Å². The van der Waals surface area contributed by atoms with Crippen LogP contribution >= 0.6 is 0 Å². The zero-order chi connectivity index (χ0) is 13.4. The van der Waals surface area contributed by atoms with E-state index in [1.807, 2.05) is 7.05 Å². The number of benzene rings is 1. The molecule has 0 heterocycles. The molecule has 1 amide bonds. The smallest absolute Gasteiger partial charge is 0.220 e. The molecular weight excluding hydrogens is 238 g/mol. The van der Waals surface area contributed by atoms with E-state index in [0.717, 1.165) is 31.2 Å². The van der Waals surface area contributed by atoms with Crippen molar-refractivity contribution in [2.75, 3.05) is 20.1 Å². The first-order valence-corrected chi connectivity index (χ1v) is 5.98. The van der Waals surface area contributed by atoms with Crippen LogP contribution in [0.5, 0.6) is 0 Å². The lowest BCUT2D eigenvalue weighted by Gasteiger charge is -2.06. The van der Waals surface area contributed by atoms with Crippen LogP contribution in [0.2, 0.25) is 0 Å². The average Bonchev–Trinajstić information content (AvgIpc) is 2.36. The molecule has 100 valence electrons. The van der Waals surface area contributed by atoms with Crippen LogP contribution in [0, 0.1) is 11.6 Å². The Hall–Kier alpha value is -1.49. The van der Waals surface area contributed by atoms with E-state index in [1.165, 1.54) is 0 Å². The number of carbonyl (C=O) groups excluding carboxylic acids is 1. The predicted molar refractivity (Wildman–Crippen MR) is 66.2 cm³/mol. The van der Waals surface area contributed by atoms with Gasteiger partial charge in [-0.25, -0.2) is 8.78 Å². The van der Waals surface area contributed by atoms with Crippen molar-refractivity contribution >= 4 is 5.91 Å². The molecular formula is C13H18F2N2O. The highest BCUT2D eigenvalue weighted by atomic mass is 19.1. The van der Waals surface area contributed by atoms with Crippen LogP contribution in [-0.4, -0.2) is 26.0 Å². The molecule has 18 heavy (non-hydrogen) atoms. The summed E-state index contributed by atoms with van der Waals surface area (Å²) in [5.74, 6) is -1.10. The molecule has 0 radical (unpaired) electrons. The maximum Gasteiger partial charge on any atom is 0.220 e. The third-order valence-corrected chi connectivity index (χ3v) is 2.55. The fraction of sp³-hybridized carbons (Fsp3) is 0.462. The molecule has 2 N–H and O–H groups in total. The van der Waals surface area contributed by atoms with E-state index in [4.69, 9.17) is 0 Å². The molecule has 0 aromatic heterocycles. The fourth-order valence-corrected chi connectivity index (χ4v) is 1.56. The number of halogens is 2. The summed E-state index contributed by atoms with van der Waals surface area (Å²) >= 11 is 0. The van der Waals surface area contributed by atoms with Crippen molar-refractivity contribution in [2.24, 2.45) is 0 Å². The van der Waals surface area contributed by atoms with Crippen LogP contribution in [0.25, 0.3) is 0 Å². The minimum absolute atomic E-state index is 0.144. The second kappa shape index (κ2) is 7.76. The molecule has 1 rings (SSSR count). The average molecular weight is 256 g/mol. The van der Waals surface area contributed by atoms with Crippen LogP contribution in [0.4, 0.5) is 8.78 Å². The van der Waals surface area contributed by atoms with Crippen LogP contribution in [0.3, 0.4) is 0 Å². The van der Waals surface area contributed by atoms with Gasteiger partial charge in [0.1, 0.15) is 11.6 Å². The van der Waals surface area contributed by atoms with Gasteiger partial charge in [-0.2, -0.15) is 0 Å². The van der Waals surface area contributed by atoms with Crippen molar-refractivity contribution < 1.29 is 13.6 Å². The molecule has 1 aromatic rings. The van der Waals surface area contributed by atoms with Crippen molar-refractivity contribution in [1.29, 1.82) is 0 Å². The molecule has 3 nitrogen and oxygen atoms in total. The summed E-state index contributed by atoms with van der Waals surface area (Å²) in [4.78, 5) is 11.4. The molecule has 0 aliphatic rings. The molecule has 0 aliphatic heterocycles. The highest BCUT2D eigenvalue weighted by molar-refractivity contribution is 5.76. The highest BCUT2D eigenvalue weighted by Gasteiger charge is 2.07. The Morgan fingerprint density at radius 2 is 2.06 bits per heavy atom. The molecule has 0 unspecified atom stereocenters. The number of hydrogen-bond donors (Lipinski definition) is 2. The quantitative estimate of drug-likeness (QED) is 0.728. The van der Waals surface area contributed by atoms with E-state index in [9.17, 15) is 13.6 Å². The molecule has 0 fully saturated rings. The van der Waals surface area contributed by atoms with Gasteiger partial charge in [-0.15, -0.1) is 0 Å². The largest absolute Gasteiger partial charge is 0.356 e. The molecule has 5 heteroatoms. The van der Waals surface area contributed by atoms with Crippen molar-refractivity contribution in [3.8, 4) is 0 Å². The van der Waals surface area contributed by atoms with Crippen molar-refractivity contribution in [3.05, 3.63) is 35.4 Å². The van der Waals surface area contributed by atoms with Crippen LogP contribution < -0.4 is 10.6 Å². The molecule has 0 spiro atoms. The van der Waals surface area contributed by atoms with Gasteiger partial charge in [0.25, 0.3) is 0 Å². The van der Waals surface area contributed by atoms with Gasteiger partial charge in [-0.05, 0) is 50.2 Å². The minimum atomic E-state index is -0.485. The lowest BCUT2D eigenvalue weighted by molar-refractivity contribution is -0.121. The summed E-state index contributed by atoms with van der Waals surface area (Å²) in [5, 5.41) is 5.70. The summed E-state index contributed by atoms with van der Waals surface area (Å²) < 4.78 is 26.2. The van der Waals surface area contributed by atoms with E-state index >= 15 is 0 Å². The number of carbonyl (C=O) groups is 1.